The number of nitrogens with zero attached hydrogens (tertiary/aromatic N) is 1. The second-order valence-corrected chi connectivity index (χ2v) is 3.29. The second kappa shape index (κ2) is 3.86. The Bertz CT molecular complexity index is 208. The van der Waals surface area contributed by atoms with Gasteiger partial charge in [0.1, 0.15) is 0 Å². The minimum atomic E-state index is 0.969. The molecule has 0 N–H and O–H groups in total. The van der Waals surface area contributed by atoms with Crippen LogP contribution in [-0.4, -0.2) is 10.3 Å². The fraction of sp³-hybridized carbons (Fsp3) is 0.556. The zero-order valence-electron chi connectivity index (χ0n) is 7.17. The molecule has 0 spiro atoms. The first-order valence-corrected chi connectivity index (χ1v) is 4.62. The highest BCUT2D eigenvalue weighted by Gasteiger charge is 1.98. The van der Waals surface area contributed by atoms with Crippen LogP contribution in [0.1, 0.15) is 17.8 Å². The highest BCUT2D eigenvalue weighted by atomic mass is 32.1. The van der Waals surface area contributed by atoms with Gasteiger partial charge in [0.15, 0.2) is 0 Å². The van der Waals surface area contributed by atoms with E-state index < -0.39 is 0 Å². The topological polar surface area (TPSA) is 4.93 Å². The van der Waals surface area contributed by atoms with Crippen LogP contribution in [0.5, 0.6) is 0 Å². The predicted octanol–water partition coefficient (Wildman–Crippen LogP) is 2.42. The third-order valence-corrected chi connectivity index (χ3v) is 2.27. The van der Waals surface area contributed by atoms with Gasteiger partial charge in [-0.15, -0.1) is 0 Å². The van der Waals surface area contributed by atoms with Crippen LogP contribution in [0.2, 0.25) is 0 Å². The van der Waals surface area contributed by atoms with Crippen molar-refractivity contribution in [3.63, 3.8) is 0 Å². The summed E-state index contributed by atoms with van der Waals surface area (Å²) in [5.41, 5.74) is 2.70. The quantitative estimate of drug-likeness (QED) is 0.663. The standard InChI is InChI=1S/C9H15NS/c1-8-4-5-9(2)10(8)6-3-7-11/h4-5,11H,3,6-7H2,1-2H3. The monoisotopic (exact) mass is 169 g/mol. The highest BCUT2D eigenvalue weighted by molar-refractivity contribution is 7.80. The number of aryl methyl sites for hydroxylation is 2. The minimum Gasteiger partial charge on any atom is -0.349 e. The lowest BCUT2D eigenvalue weighted by Gasteiger charge is -2.06. The Kier molecular flexibility index (Phi) is 3.06. The van der Waals surface area contributed by atoms with Gasteiger partial charge in [-0.25, -0.2) is 0 Å². The predicted molar refractivity (Wildman–Crippen MR) is 52.4 cm³/mol. The third-order valence-electron chi connectivity index (χ3n) is 1.96. The molecule has 1 nitrogen and oxygen atoms in total. The molecule has 0 bridgehead atoms. The molecule has 1 aromatic rings. The van der Waals surface area contributed by atoms with Crippen molar-refractivity contribution in [3.8, 4) is 0 Å². The molecular formula is C9H15NS. The van der Waals surface area contributed by atoms with Gasteiger partial charge in [0.2, 0.25) is 0 Å². The number of rotatable bonds is 3. The SMILES string of the molecule is Cc1ccc(C)n1CCCS. The van der Waals surface area contributed by atoms with Crippen molar-refractivity contribution in [2.24, 2.45) is 0 Å². The van der Waals surface area contributed by atoms with Crippen LogP contribution in [0.3, 0.4) is 0 Å². The number of hydrogen-bond donors (Lipinski definition) is 1. The van der Waals surface area contributed by atoms with Crippen molar-refractivity contribution in [3.05, 3.63) is 23.5 Å². The largest absolute Gasteiger partial charge is 0.349 e. The first-order valence-electron chi connectivity index (χ1n) is 3.99. The summed E-state index contributed by atoms with van der Waals surface area (Å²) in [6, 6.07) is 4.32. The molecule has 0 amide bonds. The zero-order chi connectivity index (χ0) is 8.27. The Morgan fingerprint density at radius 2 is 1.82 bits per heavy atom. The summed E-state index contributed by atoms with van der Waals surface area (Å²) in [4.78, 5) is 0. The molecule has 1 rings (SSSR count). The molecule has 2 heteroatoms. The van der Waals surface area contributed by atoms with E-state index in [-0.39, 0.29) is 0 Å². The van der Waals surface area contributed by atoms with Gasteiger partial charge in [-0.05, 0) is 38.2 Å². The van der Waals surface area contributed by atoms with Crippen LogP contribution in [-0.2, 0) is 6.54 Å². The average Bonchev–Trinajstić information content (AvgIpc) is 2.29. The smallest absolute Gasteiger partial charge is 0.0232 e. The van der Waals surface area contributed by atoms with E-state index in [0.29, 0.717) is 0 Å². The molecule has 1 aromatic heterocycles. The minimum absolute atomic E-state index is 0.969. The van der Waals surface area contributed by atoms with E-state index in [1.807, 2.05) is 0 Å². The van der Waals surface area contributed by atoms with Gasteiger partial charge in [0.05, 0.1) is 0 Å². The lowest BCUT2D eigenvalue weighted by atomic mass is 10.4. The first kappa shape index (κ1) is 8.72. The van der Waals surface area contributed by atoms with E-state index in [0.717, 1.165) is 18.7 Å². The molecule has 0 unspecified atom stereocenters. The number of thiol groups is 1. The maximum absolute atomic E-state index is 4.19. The summed E-state index contributed by atoms with van der Waals surface area (Å²) in [5.74, 6) is 0.969. The van der Waals surface area contributed by atoms with Crippen LogP contribution >= 0.6 is 12.6 Å². The summed E-state index contributed by atoms with van der Waals surface area (Å²) < 4.78 is 2.33. The van der Waals surface area contributed by atoms with Gasteiger partial charge in [-0.1, -0.05) is 0 Å². The molecule has 0 saturated carbocycles. The third kappa shape index (κ3) is 2.03. The van der Waals surface area contributed by atoms with Crippen LogP contribution in [0.15, 0.2) is 12.1 Å². The van der Waals surface area contributed by atoms with Gasteiger partial charge in [0.25, 0.3) is 0 Å². The zero-order valence-corrected chi connectivity index (χ0v) is 8.06. The summed E-state index contributed by atoms with van der Waals surface area (Å²) in [6.07, 6.45) is 1.15. The van der Waals surface area contributed by atoms with Crippen molar-refractivity contribution >= 4 is 12.6 Å². The van der Waals surface area contributed by atoms with Crippen molar-refractivity contribution in [2.75, 3.05) is 5.75 Å². The van der Waals surface area contributed by atoms with E-state index in [1.165, 1.54) is 11.4 Å². The van der Waals surface area contributed by atoms with E-state index in [1.54, 1.807) is 0 Å². The molecule has 0 saturated heterocycles. The van der Waals surface area contributed by atoms with Gasteiger partial charge in [-0.2, -0.15) is 12.6 Å². The van der Waals surface area contributed by atoms with Crippen molar-refractivity contribution in [2.45, 2.75) is 26.8 Å². The molecule has 0 fully saturated rings. The molecule has 1 heterocycles. The lowest BCUT2D eigenvalue weighted by molar-refractivity contribution is 0.654. The molecule has 0 aliphatic heterocycles. The maximum atomic E-state index is 4.19. The Balaban J connectivity index is 2.67. The van der Waals surface area contributed by atoms with Gasteiger partial charge in [0, 0.05) is 17.9 Å². The Morgan fingerprint density at radius 1 is 1.27 bits per heavy atom. The average molecular weight is 169 g/mol. The van der Waals surface area contributed by atoms with Crippen LogP contribution < -0.4 is 0 Å². The summed E-state index contributed by atoms with van der Waals surface area (Å²) in [7, 11) is 0. The normalized spacial score (nSPS) is 10.5. The second-order valence-electron chi connectivity index (χ2n) is 2.84. The van der Waals surface area contributed by atoms with Crippen molar-refractivity contribution in [1.82, 2.24) is 4.57 Å². The fourth-order valence-corrected chi connectivity index (χ4v) is 1.42. The lowest BCUT2D eigenvalue weighted by Crippen LogP contribution is -2.02. The molecule has 11 heavy (non-hydrogen) atoms. The van der Waals surface area contributed by atoms with Crippen molar-refractivity contribution < 1.29 is 0 Å². The van der Waals surface area contributed by atoms with Crippen LogP contribution in [0.25, 0.3) is 0 Å². The Labute approximate surface area is 73.8 Å². The Morgan fingerprint density at radius 3 is 2.27 bits per heavy atom. The first-order chi connectivity index (χ1) is 5.25. The molecule has 0 atom stereocenters. The van der Waals surface area contributed by atoms with Crippen LogP contribution in [0, 0.1) is 13.8 Å². The fourth-order valence-electron chi connectivity index (χ4n) is 1.28. The molecule has 0 radical (unpaired) electrons. The van der Waals surface area contributed by atoms with Crippen LogP contribution in [0.4, 0.5) is 0 Å². The summed E-state index contributed by atoms with van der Waals surface area (Å²) >= 11 is 4.19. The van der Waals surface area contributed by atoms with E-state index in [2.05, 4.69) is 43.2 Å². The van der Waals surface area contributed by atoms with E-state index in [9.17, 15) is 0 Å². The maximum Gasteiger partial charge on any atom is 0.0232 e. The molecule has 0 aliphatic rings. The number of aromatic nitrogens is 1. The van der Waals surface area contributed by atoms with E-state index in [4.69, 9.17) is 0 Å². The summed E-state index contributed by atoms with van der Waals surface area (Å²) in [6.45, 7) is 5.39. The van der Waals surface area contributed by atoms with Gasteiger partial charge >= 0.3 is 0 Å². The van der Waals surface area contributed by atoms with Gasteiger partial charge in [-0.3, -0.25) is 0 Å². The number of hydrogen-bond acceptors (Lipinski definition) is 1. The van der Waals surface area contributed by atoms with E-state index >= 15 is 0 Å². The molecule has 0 aliphatic carbocycles. The van der Waals surface area contributed by atoms with Gasteiger partial charge < -0.3 is 4.57 Å². The molecule has 0 aromatic carbocycles. The van der Waals surface area contributed by atoms with Crippen molar-refractivity contribution in [1.29, 1.82) is 0 Å². The molecular weight excluding hydrogens is 154 g/mol. The molecule has 62 valence electrons. The highest BCUT2D eigenvalue weighted by Crippen LogP contribution is 2.07. The Hall–Kier alpha value is -0.370. The summed E-state index contributed by atoms with van der Waals surface area (Å²) in [5, 5.41) is 0.